The average molecular weight is 312 g/mol. The van der Waals surface area contributed by atoms with E-state index in [2.05, 4.69) is 4.72 Å². The normalized spacial score (nSPS) is 11.3. The molecule has 2 aromatic rings. The van der Waals surface area contributed by atoms with Gasteiger partial charge in [0.2, 0.25) is 0 Å². The van der Waals surface area contributed by atoms with Crippen LogP contribution in [0.1, 0.15) is 0 Å². The SMILES string of the molecule is CSc1ccccc1NS(=O)(=O)c1ccc(F)c(N)c1. The highest BCUT2D eigenvalue weighted by Crippen LogP contribution is 2.27. The van der Waals surface area contributed by atoms with Crippen molar-refractivity contribution in [3.8, 4) is 0 Å². The molecule has 106 valence electrons. The molecule has 0 saturated carbocycles. The molecule has 0 aromatic heterocycles. The van der Waals surface area contributed by atoms with Gasteiger partial charge in [-0.25, -0.2) is 12.8 Å². The molecule has 4 nitrogen and oxygen atoms in total. The van der Waals surface area contributed by atoms with Crippen LogP contribution in [-0.4, -0.2) is 14.7 Å². The molecule has 2 rings (SSSR count). The van der Waals surface area contributed by atoms with Crippen molar-refractivity contribution in [2.75, 3.05) is 16.7 Å². The molecule has 0 fully saturated rings. The second-order valence-corrected chi connectivity index (χ2v) is 6.52. The Morgan fingerprint density at radius 1 is 1.20 bits per heavy atom. The van der Waals surface area contributed by atoms with Gasteiger partial charge in [-0.1, -0.05) is 12.1 Å². The number of benzene rings is 2. The van der Waals surface area contributed by atoms with Gasteiger partial charge in [-0.3, -0.25) is 4.72 Å². The van der Waals surface area contributed by atoms with E-state index in [1.807, 2.05) is 18.4 Å². The molecule has 0 spiro atoms. The van der Waals surface area contributed by atoms with Crippen LogP contribution in [0.4, 0.5) is 15.8 Å². The van der Waals surface area contributed by atoms with Gasteiger partial charge >= 0.3 is 0 Å². The first-order chi connectivity index (χ1) is 9.44. The van der Waals surface area contributed by atoms with Crippen LogP contribution in [0.5, 0.6) is 0 Å². The summed E-state index contributed by atoms with van der Waals surface area (Å²) in [7, 11) is -3.80. The lowest BCUT2D eigenvalue weighted by molar-refractivity contribution is 0.600. The number of rotatable bonds is 4. The number of nitrogen functional groups attached to an aromatic ring is 1. The van der Waals surface area contributed by atoms with Gasteiger partial charge in [0.15, 0.2) is 0 Å². The zero-order valence-corrected chi connectivity index (χ0v) is 12.3. The number of hydrogen-bond acceptors (Lipinski definition) is 4. The summed E-state index contributed by atoms with van der Waals surface area (Å²) in [5.74, 6) is -0.645. The van der Waals surface area contributed by atoms with Crippen molar-refractivity contribution in [1.29, 1.82) is 0 Å². The minimum atomic E-state index is -3.80. The Bertz CT molecular complexity index is 733. The maximum atomic E-state index is 13.1. The predicted octanol–water partition coefficient (Wildman–Crippen LogP) is 2.93. The quantitative estimate of drug-likeness (QED) is 0.672. The Balaban J connectivity index is 2.38. The first-order valence-corrected chi connectivity index (χ1v) is 8.35. The summed E-state index contributed by atoms with van der Waals surface area (Å²) >= 11 is 1.43. The molecule has 0 heterocycles. The van der Waals surface area contributed by atoms with E-state index in [9.17, 15) is 12.8 Å². The van der Waals surface area contributed by atoms with E-state index in [-0.39, 0.29) is 10.6 Å². The zero-order valence-electron chi connectivity index (χ0n) is 10.6. The number of hydrogen-bond donors (Lipinski definition) is 2. The summed E-state index contributed by atoms with van der Waals surface area (Å²) in [6, 6.07) is 10.3. The second-order valence-electron chi connectivity index (χ2n) is 3.99. The van der Waals surface area contributed by atoms with E-state index < -0.39 is 15.8 Å². The number of thioether (sulfide) groups is 1. The molecule has 0 atom stereocenters. The summed E-state index contributed by atoms with van der Waals surface area (Å²) in [4.78, 5) is 0.721. The van der Waals surface area contributed by atoms with Crippen molar-refractivity contribution in [1.82, 2.24) is 0 Å². The lowest BCUT2D eigenvalue weighted by Crippen LogP contribution is -2.14. The highest BCUT2D eigenvalue weighted by Gasteiger charge is 2.17. The third-order valence-corrected chi connectivity index (χ3v) is 4.79. The molecule has 0 radical (unpaired) electrons. The van der Waals surface area contributed by atoms with Gasteiger partial charge < -0.3 is 5.73 Å². The topological polar surface area (TPSA) is 72.2 Å². The Labute approximate surface area is 121 Å². The van der Waals surface area contributed by atoms with Crippen molar-refractivity contribution in [2.45, 2.75) is 9.79 Å². The van der Waals surface area contributed by atoms with E-state index >= 15 is 0 Å². The first kappa shape index (κ1) is 14.7. The van der Waals surface area contributed by atoms with Crippen LogP contribution in [0.2, 0.25) is 0 Å². The van der Waals surface area contributed by atoms with Crippen LogP contribution in [0, 0.1) is 5.82 Å². The first-order valence-electron chi connectivity index (χ1n) is 5.65. The van der Waals surface area contributed by atoms with Crippen LogP contribution in [0.25, 0.3) is 0 Å². The van der Waals surface area contributed by atoms with E-state index in [1.165, 1.54) is 17.8 Å². The van der Waals surface area contributed by atoms with Crippen LogP contribution < -0.4 is 10.5 Å². The fraction of sp³-hybridized carbons (Fsp3) is 0.0769. The minimum absolute atomic E-state index is 0.0766. The number of anilines is 2. The molecule has 0 aliphatic rings. The van der Waals surface area contributed by atoms with Gasteiger partial charge in [-0.15, -0.1) is 11.8 Å². The van der Waals surface area contributed by atoms with E-state index in [0.717, 1.165) is 17.0 Å². The standard InChI is InChI=1S/C13H13FN2O2S2/c1-19-13-5-3-2-4-12(13)16-20(17,18)9-6-7-10(14)11(15)8-9/h2-8,16H,15H2,1H3. The van der Waals surface area contributed by atoms with Crippen molar-refractivity contribution >= 4 is 33.2 Å². The predicted molar refractivity (Wildman–Crippen MR) is 79.8 cm³/mol. The Morgan fingerprint density at radius 3 is 2.55 bits per heavy atom. The average Bonchev–Trinajstić information content (AvgIpc) is 2.42. The van der Waals surface area contributed by atoms with Crippen molar-refractivity contribution in [3.63, 3.8) is 0 Å². The molecule has 20 heavy (non-hydrogen) atoms. The van der Waals surface area contributed by atoms with Crippen LogP contribution in [0.3, 0.4) is 0 Å². The van der Waals surface area contributed by atoms with Crippen molar-refractivity contribution in [2.24, 2.45) is 0 Å². The third kappa shape index (κ3) is 3.05. The maximum Gasteiger partial charge on any atom is 0.262 e. The smallest absolute Gasteiger partial charge is 0.262 e. The number of nitrogens with one attached hydrogen (secondary N) is 1. The second kappa shape index (κ2) is 5.72. The monoisotopic (exact) mass is 312 g/mol. The molecule has 2 aromatic carbocycles. The Morgan fingerprint density at radius 2 is 1.90 bits per heavy atom. The van der Waals surface area contributed by atoms with E-state index in [1.54, 1.807) is 12.1 Å². The van der Waals surface area contributed by atoms with Crippen LogP contribution in [-0.2, 0) is 10.0 Å². The lowest BCUT2D eigenvalue weighted by Gasteiger charge is -2.11. The van der Waals surface area contributed by atoms with Gasteiger partial charge in [0, 0.05) is 4.90 Å². The minimum Gasteiger partial charge on any atom is -0.396 e. The summed E-state index contributed by atoms with van der Waals surface area (Å²) in [5, 5.41) is 0. The van der Waals surface area contributed by atoms with Crippen molar-refractivity contribution in [3.05, 3.63) is 48.3 Å². The molecule has 0 saturated heterocycles. The molecule has 0 aliphatic heterocycles. The molecule has 0 unspecified atom stereocenters. The molecule has 0 amide bonds. The molecular weight excluding hydrogens is 299 g/mol. The number of para-hydroxylation sites is 1. The zero-order chi connectivity index (χ0) is 14.8. The lowest BCUT2D eigenvalue weighted by atomic mass is 10.3. The van der Waals surface area contributed by atoms with Gasteiger partial charge in [-0.05, 0) is 36.6 Å². The fourth-order valence-corrected chi connectivity index (χ4v) is 3.35. The summed E-state index contributed by atoms with van der Waals surface area (Å²) in [5.41, 5.74) is 5.67. The number of sulfonamides is 1. The number of halogens is 1. The molecule has 0 bridgehead atoms. The molecular formula is C13H13FN2O2S2. The fourth-order valence-electron chi connectivity index (χ4n) is 1.62. The van der Waals surface area contributed by atoms with Gasteiger partial charge in [0.1, 0.15) is 5.82 Å². The van der Waals surface area contributed by atoms with Crippen LogP contribution >= 0.6 is 11.8 Å². The third-order valence-electron chi connectivity index (χ3n) is 2.63. The molecule has 3 N–H and O–H groups in total. The molecule has 7 heteroatoms. The highest BCUT2D eigenvalue weighted by molar-refractivity contribution is 7.99. The largest absolute Gasteiger partial charge is 0.396 e. The Hall–Kier alpha value is -1.73. The van der Waals surface area contributed by atoms with Gasteiger partial charge in [-0.2, -0.15) is 0 Å². The number of nitrogens with two attached hydrogens (primary N) is 1. The van der Waals surface area contributed by atoms with Gasteiger partial charge in [0.05, 0.1) is 16.3 Å². The van der Waals surface area contributed by atoms with Crippen molar-refractivity contribution < 1.29 is 12.8 Å². The molecule has 0 aliphatic carbocycles. The van der Waals surface area contributed by atoms with E-state index in [0.29, 0.717) is 5.69 Å². The maximum absolute atomic E-state index is 13.1. The van der Waals surface area contributed by atoms with Gasteiger partial charge in [0.25, 0.3) is 10.0 Å². The van der Waals surface area contributed by atoms with E-state index in [4.69, 9.17) is 5.73 Å². The highest BCUT2D eigenvalue weighted by atomic mass is 32.2. The Kier molecular flexibility index (Phi) is 4.20. The summed E-state index contributed by atoms with van der Waals surface area (Å²) < 4.78 is 40.0. The summed E-state index contributed by atoms with van der Waals surface area (Å²) in [6.45, 7) is 0. The van der Waals surface area contributed by atoms with Crippen LogP contribution in [0.15, 0.2) is 52.3 Å². The summed E-state index contributed by atoms with van der Waals surface area (Å²) in [6.07, 6.45) is 1.85.